The molecule has 1 heterocycles. The van der Waals surface area contributed by atoms with Crippen molar-refractivity contribution in [3.63, 3.8) is 0 Å². The van der Waals surface area contributed by atoms with Crippen molar-refractivity contribution in [1.82, 2.24) is 10.5 Å². The molecule has 1 aromatic heterocycles. The van der Waals surface area contributed by atoms with Gasteiger partial charge in [-0.05, 0) is 47.5 Å². The summed E-state index contributed by atoms with van der Waals surface area (Å²) in [6, 6.07) is 16.1. The fourth-order valence-corrected chi connectivity index (χ4v) is 2.87. The molecule has 5 nitrogen and oxygen atoms in total. The van der Waals surface area contributed by atoms with E-state index in [1.807, 2.05) is 24.3 Å². The monoisotopic (exact) mass is 401 g/mol. The summed E-state index contributed by atoms with van der Waals surface area (Å²) in [6.45, 7) is 0.711. The Kier molecular flexibility index (Phi) is 6.65. The van der Waals surface area contributed by atoms with Crippen molar-refractivity contribution < 1.29 is 9.63 Å². The number of nitrogens with zero attached hydrogens (tertiary/aromatic N) is 1. The molecule has 1 amide bonds. The van der Waals surface area contributed by atoms with E-state index >= 15 is 0 Å². The van der Waals surface area contributed by atoms with Gasteiger partial charge >= 0.3 is 0 Å². The van der Waals surface area contributed by atoms with Gasteiger partial charge in [-0.25, -0.2) is 5.48 Å². The molecule has 7 heteroatoms. The van der Waals surface area contributed by atoms with Gasteiger partial charge in [0.15, 0.2) is 0 Å². The van der Waals surface area contributed by atoms with Crippen LogP contribution in [0.4, 0.5) is 5.69 Å². The highest BCUT2D eigenvalue weighted by atomic mass is 35.5. The quantitative estimate of drug-likeness (QED) is 0.554. The van der Waals surface area contributed by atoms with E-state index in [1.165, 1.54) is 0 Å². The van der Waals surface area contributed by atoms with E-state index in [0.717, 1.165) is 11.1 Å². The Labute approximate surface area is 167 Å². The maximum Gasteiger partial charge on any atom is 0.276 e. The van der Waals surface area contributed by atoms with Crippen LogP contribution in [0.5, 0.6) is 0 Å². The maximum absolute atomic E-state index is 12.5. The van der Waals surface area contributed by atoms with Crippen LogP contribution in [0.25, 0.3) is 0 Å². The lowest BCUT2D eigenvalue weighted by atomic mass is 10.1. The fraction of sp³-hybridized carbons (Fsp3) is 0.100. The molecule has 3 aromatic rings. The number of hydrogen-bond donors (Lipinski definition) is 2. The van der Waals surface area contributed by atoms with Crippen LogP contribution in [0, 0.1) is 0 Å². The number of amides is 1. The first-order chi connectivity index (χ1) is 13.1. The molecule has 0 saturated carbocycles. The summed E-state index contributed by atoms with van der Waals surface area (Å²) in [7, 11) is 0. The molecule has 0 spiro atoms. The third kappa shape index (κ3) is 5.44. The Morgan fingerprint density at radius 3 is 2.59 bits per heavy atom. The first-order valence-electron chi connectivity index (χ1n) is 8.21. The Bertz CT molecular complexity index is 920. The molecular weight excluding hydrogens is 385 g/mol. The first kappa shape index (κ1) is 19.2. The number of aromatic nitrogens is 1. The number of carbonyl (C=O) groups excluding carboxylic acids is 1. The number of halogens is 2. The van der Waals surface area contributed by atoms with Crippen LogP contribution >= 0.6 is 23.2 Å². The summed E-state index contributed by atoms with van der Waals surface area (Å²) in [6.07, 6.45) is 3.46. The second-order valence-corrected chi connectivity index (χ2v) is 6.55. The van der Waals surface area contributed by atoms with Crippen LogP contribution in [0.15, 0.2) is 67.0 Å². The molecule has 0 aliphatic rings. The summed E-state index contributed by atoms with van der Waals surface area (Å²) in [4.78, 5) is 21.8. The molecule has 0 unspecified atom stereocenters. The van der Waals surface area contributed by atoms with Crippen molar-refractivity contribution in [1.29, 1.82) is 0 Å². The van der Waals surface area contributed by atoms with Crippen LogP contribution in [0.3, 0.4) is 0 Å². The number of rotatable bonds is 7. The van der Waals surface area contributed by atoms with Gasteiger partial charge in [-0.3, -0.25) is 14.6 Å². The predicted molar refractivity (Wildman–Crippen MR) is 107 cm³/mol. The number of benzene rings is 2. The first-order valence-corrected chi connectivity index (χ1v) is 8.97. The number of carbonyl (C=O) groups is 1. The van der Waals surface area contributed by atoms with Crippen molar-refractivity contribution in [2.24, 2.45) is 0 Å². The lowest BCUT2D eigenvalue weighted by Crippen LogP contribution is -2.24. The molecule has 3 rings (SSSR count). The molecule has 0 fully saturated rings. The summed E-state index contributed by atoms with van der Waals surface area (Å²) < 4.78 is 0. The average molecular weight is 402 g/mol. The molecule has 138 valence electrons. The second kappa shape index (κ2) is 9.37. The van der Waals surface area contributed by atoms with Crippen molar-refractivity contribution in [3.8, 4) is 0 Å². The van der Waals surface area contributed by atoms with Crippen LogP contribution in [-0.2, 0) is 18.0 Å². The summed E-state index contributed by atoms with van der Waals surface area (Å²) in [5, 5.41) is 4.28. The summed E-state index contributed by atoms with van der Waals surface area (Å²) in [5.74, 6) is -0.349. The zero-order chi connectivity index (χ0) is 19.1. The maximum atomic E-state index is 12.5. The molecule has 0 bridgehead atoms. The highest BCUT2D eigenvalue weighted by Crippen LogP contribution is 2.21. The third-order valence-corrected chi connectivity index (χ3v) is 4.40. The Morgan fingerprint density at radius 1 is 1.04 bits per heavy atom. The summed E-state index contributed by atoms with van der Waals surface area (Å²) in [5.41, 5.74) is 5.43. The van der Waals surface area contributed by atoms with Crippen LogP contribution in [-0.4, -0.2) is 10.9 Å². The normalized spacial score (nSPS) is 10.4. The molecule has 27 heavy (non-hydrogen) atoms. The number of hydrogen-bond acceptors (Lipinski definition) is 4. The topological polar surface area (TPSA) is 63.2 Å². The van der Waals surface area contributed by atoms with Gasteiger partial charge in [0.25, 0.3) is 5.91 Å². The van der Waals surface area contributed by atoms with E-state index in [0.29, 0.717) is 27.8 Å². The van der Waals surface area contributed by atoms with E-state index in [4.69, 9.17) is 28.0 Å². The molecule has 0 atom stereocenters. The lowest BCUT2D eigenvalue weighted by molar-refractivity contribution is 0.0234. The van der Waals surface area contributed by atoms with Gasteiger partial charge in [0.05, 0.1) is 5.56 Å². The van der Waals surface area contributed by atoms with Gasteiger partial charge in [-0.15, -0.1) is 0 Å². The summed E-state index contributed by atoms with van der Waals surface area (Å²) >= 11 is 12.0. The lowest BCUT2D eigenvalue weighted by Gasteiger charge is -2.12. The Hall–Kier alpha value is -2.60. The van der Waals surface area contributed by atoms with Gasteiger partial charge in [0.1, 0.15) is 6.61 Å². The van der Waals surface area contributed by atoms with Gasteiger partial charge in [0, 0.05) is 34.7 Å². The van der Waals surface area contributed by atoms with E-state index in [9.17, 15) is 4.79 Å². The minimum atomic E-state index is -0.349. The smallest absolute Gasteiger partial charge is 0.276 e. The van der Waals surface area contributed by atoms with E-state index in [1.54, 1.807) is 42.7 Å². The number of para-hydroxylation sites is 1. The predicted octanol–water partition coefficient (Wildman–Crippen LogP) is 4.86. The molecular formula is C20H17Cl2N3O2. The highest BCUT2D eigenvalue weighted by molar-refractivity contribution is 6.35. The molecule has 2 aromatic carbocycles. The molecule has 0 radical (unpaired) electrons. The Balaban J connectivity index is 1.59. The highest BCUT2D eigenvalue weighted by Gasteiger charge is 2.11. The van der Waals surface area contributed by atoms with Crippen LogP contribution in [0.1, 0.15) is 21.5 Å². The van der Waals surface area contributed by atoms with Gasteiger partial charge < -0.3 is 5.32 Å². The molecule has 0 saturated heterocycles. The van der Waals surface area contributed by atoms with E-state index < -0.39 is 0 Å². The van der Waals surface area contributed by atoms with Crippen LogP contribution < -0.4 is 10.8 Å². The zero-order valence-corrected chi connectivity index (χ0v) is 15.8. The molecule has 0 aliphatic carbocycles. The van der Waals surface area contributed by atoms with E-state index in [-0.39, 0.29) is 12.5 Å². The van der Waals surface area contributed by atoms with Gasteiger partial charge in [-0.2, -0.15) is 0 Å². The largest absolute Gasteiger partial charge is 0.380 e. The number of hydroxylamine groups is 1. The minimum absolute atomic E-state index is 0.133. The van der Waals surface area contributed by atoms with Crippen molar-refractivity contribution in [3.05, 3.63) is 93.7 Å². The minimum Gasteiger partial charge on any atom is -0.380 e. The van der Waals surface area contributed by atoms with Gasteiger partial charge in [-0.1, -0.05) is 41.4 Å². The van der Waals surface area contributed by atoms with Crippen molar-refractivity contribution >= 4 is 34.8 Å². The number of pyridine rings is 1. The molecule has 0 aliphatic heterocycles. The zero-order valence-electron chi connectivity index (χ0n) is 14.3. The molecule has 2 N–H and O–H groups in total. The SMILES string of the molecule is O=C(NOCc1ccc(Cl)cc1Cl)c1ccccc1NCc1ccncc1. The number of nitrogens with one attached hydrogen (secondary N) is 2. The second-order valence-electron chi connectivity index (χ2n) is 5.71. The van der Waals surface area contributed by atoms with Crippen molar-refractivity contribution in [2.45, 2.75) is 13.2 Å². The number of anilines is 1. The standard InChI is InChI=1S/C20H17Cl2N3O2/c21-16-6-5-15(18(22)11-16)13-27-25-20(26)17-3-1-2-4-19(17)24-12-14-7-9-23-10-8-14/h1-11,24H,12-13H2,(H,25,26). The van der Waals surface area contributed by atoms with Gasteiger partial charge in [0.2, 0.25) is 0 Å². The van der Waals surface area contributed by atoms with Crippen molar-refractivity contribution in [2.75, 3.05) is 5.32 Å². The third-order valence-electron chi connectivity index (χ3n) is 3.81. The Morgan fingerprint density at radius 2 is 1.81 bits per heavy atom. The van der Waals surface area contributed by atoms with Crippen LogP contribution in [0.2, 0.25) is 10.0 Å². The average Bonchev–Trinajstić information content (AvgIpc) is 2.69. The van der Waals surface area contributed by atoms with E-state index in [2.05, 4.69) is 15.8 Å². The fourth-order valence-electron chi connectivity index (χ4n) is 2.41.